The van der Waals surface area contributed by atoms with Gasteiger partial charge in [-0.05, 0) is 38.1 Å². The topological polar surface area (TPSA) is 47.6 Å². The van der Waals surface area contributed by atoms with Crippen LogP contribution in [0.4, 0.5) is 18.9 Å². The molecular formula is C18H20ClF3NO3P. The molecule has 0 aromatic heterocycles. The molecule has 9 heteroatoms. The predicted molar refractivity (Wildman–Crippen MR) is 100 cm³/mol. The van der Waals surface area contributed by atoms with Crippen LogP contribution in [0.3, 0.4) is 0 Å². The van der Waals surface area contributed by atoms with Crippen molar-refractivity contribution in [2.45, 2.75) is 25.8 Å². The van der Waals surface area contributed by atoms with Gasteiger partial charge in [0.2, 0.25) is 0 Å². The average molecular weight is 422 g/mol. The summed E-state index contributed by atoms with van der Waals surface area (Å²) in [7, 11) is -3.78. The van der Waals surface area contributed by atoms with Gasteiger partial charge >= 0.3 is 13.8 Å². The van der Waals surface area contributed by atoms with E-state index < -0.39 is 25.1 Å². The maximum Gasteiger partial charge on any atom is 0.416 e. The zero-order chi connectivity index (χ0) is 20.1. The van der Waals surface area contributed by atoms with E-state index in [1.165, 1.54) is 12.1 Å². The molecule has 1 atom stereocenters. The third-order valence-electron chi connectivity index (χ3n) is 3.63. The summed E-state index contributed by atoms with van der Waals surface area (Å²) >= 11 is 6.24. The molecule has 27 heavy (non-hydrogen) atoms. The Morgan fingerprint density at radius 1 is 1.07 bits per heavy atom. The van der Waals surface area contributed by atoms with Gasteiger partial charge in [-0.1, -0.05) is 35.9 Å². The van der Waals surface area contributed by atoms with Crippen LogP contribution in [0, 0.1) is 0 Å². The lowest BCUT2D eigenvalue weighted by Crippen LogP contribution is -2.16. The van der Waals surface area contributed by atoms with E-state index in [4.69, 9.17) is 20.6 Å². The predicted octanol–water partition coefficient (Wildman–Crippen LogP) is 6.74. The highest BCUT2D eigenvalue weighted by atomic mass is 35.5. The number of hydrogen-bond acceptors (Lipinski definition) is 4. The number of hydrogen-bond donors (Lipinski definition) is 1. The van der Waals surface area contributed by atoms with E-state index in [1.807, 2.05) is 0 Å². The van der Waals surface area contributed by atoms with Crippen molar-refractivity contribution >= 4 is 24.9 Å². The van der Waals surface area contributed by atoms with Gasteiger partial charge in [0.1, 0.15) is 0 Å². The third kappa shape index (κ3) is 5.48. The van der Waals surface area contributed by atoms with Crippen LogP contribution < -0.4 is 5.32 Å². The van der Waals surface area contributed by atoms with Crippen molar-refractivity contribution < 1.29 is 26.8 Å². The highest BCUT2D eigenvalue weighted by Crippen LogP contribution is 2.61. The van der Waals surface area contributed by atoms with Crippen molar-refractivity contribution in [1.29, 1.82) is 0 Å². The van der Waals surface area contributed by atoms with Gasteiger partial charge in [-0.2, -0.15) is 13.2 Å². The maximum atomic E-state index is 13.4. The Bertz CT molecular complexity index is 806. The summed E-state index contributed by atoms with van der Waals surface area (Å²) in [6.45, 7) is 3.50. The minimum absolute atomic E-state index is 0.0997. The third-order valence-corrected chi connectivity index (χ3v) is 6.25. The molecule has 0 spiro atoms. The molecule has 0 fully saturated rings. The molecule has 4 nitrogen and oxygen atoms in total. The number of nitrogens with one attached hydrogen (secondary N) is 1. The van der Waals surface area contributed by atoms with Gasteiger partial charge in [-0.3, -0.25) is 4.57 Å². The van der Waals surface area contributed by atoms with Gasteiger partial charge in [0.05, 0.1) is 18.8 Å². The Morgan fingerprint density at radius 3 is 2.26 bits per heavy atom. The zero-order valence-electron chi connectivity index (χ0n) is 14.8. The first-order valence-electron chi connectivity index (χ1n) is 8.28. The van der Waals surface area contributed by atoms with Crippen LogP contribution in [0.1, 0.15) is 30.8 Å². The van der Waals surface area contributed by atoms with Crippen LogP contribution in [0.5, 0.6) is 0 Å². The standard InChI is InChI=1S/C18H20ClF3NO3P/c1-3-25-27(24,26-4-2)17(15-10-5-6-11-16(15)19)23-14-9-7-8-13(12-14)18(20,21)22/h5-12,17,23H,3-4H2,1-2H3. The monoisotopic (exact) mass is 421 g/mol. The van der Waals surface area contributed by atoms with E-state index in [-0.39, 0.29) is 18.9 Å². The van der Waals surface area contributed by atoms with E-state index in [9.17, 15) is 17.7 Å². The van der Waals surface area contributed by atoms with Crippen LogP contribution in [-0.4, -0.2) is 13.2 Å². The summed E-state index contributed by atoms with van der Waals surface area (Å²) in [5.41, 5.74) is -0.302. The van der Waals surface area contributed by atoms with Crippen molar-refractivity contribution in [3.63, 3.8) is 0 Å². The van der Waals surface area contributed by atoms with E-state index in [0.717, 1.165) is 12.1 Å². The van der Waals surface area contributed by atoms with Gasteiger partial charge in [-0.15, -0.1) is 0 Å². The maximum absolute atomic E-state index is 13.4. The molecule has 0 aliphatic rings. The highest BCUT2D eigenvalue weighted by Gasteiger charge is 2.38. The van der Waals surface area contributed by atoms with Gasteiger partial charge < -0.3 is 14.4 Å². The quantitative estimate of drug-likeness (QED) is 0.480. The summed E-state index contributed by atoms with van der Waals surface area (Å²) in [5, 5.41) is 3.15. The van der Waals surface area contributed by atoms with Crippen LogP contribution in [-0.2, 0) is 19.8 Å². The van der Waals surface area contributed by atoms with Crippen LogP contribution >= 0.6 is 19.2 Å². The summed E-state index contributed by atoms with van der Waals surface area (Å²) < 4.78 is 63.2. The molecular weight excluding hydrogens is 402 g/mol. The van der Waals surface area contributed by atoms with Crippen molar-refractivity contribution in [2.75, 3.05) is 18.5 Å². The summed E-state index contributed by atoms with van der Waals surface area (Å²) in [5.74, 6) is -1.07. The van der Waals surface area contributed by atoms with Crippen LogP contribution in [0.15, 0.2) is 48.5 Å². The normalized spacial score (nSPS) is 13.4. The molecule has 0 aliphatic heterocycles. The van der Waals surface area contributed by atoms with E-state index >= 15 is 0 Å². The number of benzene rings is 2. The molecule has 2 aromatic carbocycles. The molecule has 0 amide bonds. The smallest absolute Gasteiger partial charge is 0.368 e. The Labute approximate surface area is 161 Å². The summed E-state index contributed by atoms with van der Waals surface area (Å²) in [6, 6.07) is 11.2. The first-order valence-corrected chi connectivity index (χ1v) is 10.3. The SMILES string of the molecule is CCOP(=O)(OCC)C(Nc1cccc(C(F)(F)F)c1)c1ccccc1Cl. The fourth-order valence-corrected chi connectivity index (χ4v) is 4.80. The molecule has 2 rings (SSSR count). The van der Waals surface area contributed by atoms with Crippen molar-refractivity contribution in [3.05, 3.63) is 64.7 Å². The van der Waals surface area contributed by atoms with Crippen LogP contribution in [0.2, 0.25) is 5.02 Å². The Balaban J connectivity index is 2.51. The molecule has 0 radical (unpaired) electrons. The Hall–Kier alpha value is -1.53. The average Bonchev–Trinajstić information content (AvgIpc) is 2.60. The number of rotatable bonds is 8. The van der Waals surface area contributed by atoms with Crippen molar-refractivity contribution in [2.24, 2.45) is 0 Å². The lowest BCUT2D eigenvalue weighted by molar-refractivity contribution is -0.137. The largest absolute Gasteiger partial charge is 0.416 e. The lowest BCUT2D eigenvalue weighted by Gasteiger charge is -2.29. The first-order chi connectivity index (χ1) is 12.7. The first kappa shape index (κ1) is 21.8. The molecule has 148 valence electrons. The van der Waals surface area contributed by atoms with Gasteiger partial charge in [0.15, 0.2) is 5.78 Å². The van der Waals surface area contributed by atoms with E-state index in [0.29, 0.717) is 10.6 Å². The van der Waals surface area contributed by atoms with Crippen LogP contribution in [0.25, 0.3) is 0 Å². The van der Waals surface area contributed by atoms with E-state index in [1.54, 1.807) is 38.1 Å². The second-order valence-electron chi connectivity index (χ2n) is 5.52. The van der Waals surface area contributed by atoms with Gasteiger partial charge in [0, 0.05) is 16.3 Å². The number of alkyl halides is 3. The molecule has 0 saturated carbocycles. The van der Waals surface area contributed by atoms with E-state index in [2.05, 4.69) is 5.32 Å². The van der Waals surface area contributed by atoms with Crippen molar-refractivity contribution in [3.8, 4) is 0 Å². The fourth-order valence-electron chi connectivity index (χ4n) is 2.51. The summed E-state index contributed by atoms with van der Waals surface area (Å²) in [6.07, 6.45) is -4.50. The minimum Gasteiger partial charge on any atom is -0.368 e. The lowest BCUT2D eigenvalue weighted by atomic mass is 10.1. The van der Waals surface area contributed by atoms with Gasteiger partial charge in [-0.25, -0.2) is 0 Å². The second kappa shape index (κ2) is 9.11. The Kier molecular flexibility index (Phi) is 7.34. The fraction of sp³-hybridized carbons (Fsp3) is 0.333. The molecule has 0 heterocycles. The number of anilines is 1. The Morgan fingerprint density at radius 2 is 1.70 bits per heavy atom. The van der Waals surface area contributed by atoms with Crippen molar-refractivity contribution in [1.82, 2.24) is 0 Å². The zero-order valence-corrected chi connectivity index (χ0v) is 16.4. The summed E-state index contributed by atoms with van der Waals surface area (Å²) in [4.78, 5) is 0. The second-order valence-corrected chi connectivity index (χ2v) is 8.04. The van der Waals surface area contributed by atoms with Gasteiger partial charge in [0.25, 0.3) is 0 Å². The molecule has 1 N–H and O–H groups in total. The number of halogens is 4. The molecule has 2 aromatic rings. The molecule has 0 saturated heterocycles. The highest BCUT2D eigenvalue weighted by molar-refractivity contribution is 7.54. The minimum atomic E-state index is -4.50. The molecule has 0 bridgehead atoms. The molecule has 0 aliphatic carbocycles. The molecule has 1 unspecified atom stereocenters.